The van der Waals surface area contributed by atoms with Crippen molar-refractivity contribution in [1.29, 1.82) is 0 Å². The van der Waals surface area contributed by atoms with Crippen LogP contribution in [0.4, 0.5) is 0 Å². The summed E-state index contributed by atoms with van der Waals surface area (Å²) in [5.74, 6) is 0.147. The van der Waals surface area contributed by atoms with Gasteiger partial charge in [0.15, 0.2) is 0 Å². The number of carbonyl (C=O) groups is 2. The number of hydrogen-bond donors (Lipinski definition) is 2. The Labute approximate surface area is 150 Å². The SMILES string of the molecule is C[C@H]1CCc2sc(C(=O)NNC(=O)Cc3ccc(Cl)cc3)cc2C1. The molecule has 0 bridgehead atoms. The molecule has 1 aliphatic rings. The van der Waals surface area contributed by atoms with Crippen LogP contribution in [0.25, 0.3) is 0 Å². The Balaban J connectivity index is 1.53. The minimum absolute atomic E-state index is 0.190. The summed E-state index contributed by atoms with van der Waals surface area (Å²) in [6.07, 6.45) is 3.43. The lowest BCUT2D eigenvalue weighted by Crippen LogP contribution is -2.42. The van der Waals surface area contributed by atoms with E-state index in [4.69, 9.17) is 11.6 Å². The van der Waals surface area contributed by atoms with Gasteiger partial charge in [-0.25, -0.2) is 0 Å². The first-order valence-electron chi connectivity index (χ1n) is 7.96. The molecule has 6 heteroatoms. The van der Waals surface area contributed by atoms with Gasteiger partial charge in [0, 0.05) is 9.90 Å². The molecule has 0 radical (unpaired) electrons. The Morgan fingerprint density at radius 1 is 1.25 bits per heavy atom. The summed E-state index contributed by atoms with van der Waals surface area (Å²) < 4.78 is 0. The van der Waals surface area contributed by atoms with Gasteiger partial charge in [-0.2, -0.15) is 0 Å². The van der Waals surface area contributed by atoms with Gasteiger partial charge in [0.1, 0.15) is 0 Å². The van der Waals surface area contributed by atoms with Gasteiger partial charge in [-0.3, -0.25) is 20.4 Å². The van der Waals surface area contributed by atoms with Crippen LogP contribution in [0.1, 0.15) is 39.0 Å². The summed E-state index contributed by atoms with van der Waals surface area (Å²) in [7, 11) is 0. The molecule has 0 fully saturated rings. The summed E-state index contributed by atoms with van der Waals surface area (Å²) in [6.45, 7) is 2.23. The molecular formula is C18H19ClN2O2S. The van der Waals surface area contributed by atoms with E-state index in [9.17, 15) is 9.59 Å². The summed E-state index contributed by atoms with van der Waals surface area (Å²) in [4.78, 5) is 26.1. The van der Waals surface area contributed by atoms with Gasteiger partial charge in [0.25, 0.3) is 5.91 Å². The quantitative estimate of drug-likeness (QED) is 0.820. The highest BCUT2D eigenvalue weighted by Crippen LogP contribution is 2.32. The lowest BCUT2D eigenvalue weighted by Gasteiger charge is -2.16. The molecule has 126 valence electrons. The zero-order valence-electron chi connectivity index (χ0n) is 13.4. The Bertz CT molecular complexity index is 755. The highest BCUT2D eigenvalue weighted by molar-refractivity contribution is 7.14. The maximum Gasteiger partial charge on any atom is 0.279 e. The molecule has 0 saturated heterocycles. The Morgan fingerprint density at radius 2 is 2.00 bits per heavy atom. The van der Waals surface area contributed by atoms with Gasteiger partial charge in [0.2, 0.25) is 5.91 Å². The molecule has 1 aromatic heterocycles. The van der Waals surface area contributed by atoms with Crippen LogP contribution in [0.15, 0.2) is 30.3 Å². The molecule has 0 aliphatic heterocycles. The fourth-order valence-corrected chi connectivity index (χ4v) is 4.07. The normalized spacial score (nSPS) is 16.3. The largest absolute Gasteiger partial charge is 0.279 e. The third-order valence-electron chi connectivity index (χ3n) is 4.15. The number of rotatable bonds is 3. The van der Waals surface area contributed by atoms with Crippen LogP contribution in [0.5, 0.6) is 0 Å². The van der Waals surface area contributed by atoms with E-state index in [0.717, 1.165) is 18.4 Å². The molecule has 2 N–H and O–H groups in total. The van der Waals surface area contributed by atoms with Gasteiger partial charge >= 0.3 is 0 Å². The highest BCUT2D eigenvalue weighted by atomic mass is 35.5. The number of hydrazine groups is 1. The number of aryl methyl sites for hydroxylation is 1. The van der Waals surface area contributed by atoms with E-state index in [2.05, 4.69) is 17.8 Å². The number of fused-ring (bicyclic) bond motifs is 1. The maximum atomic E-state index is 12.2. The molecule has 24 heavy (non-hydrogen) atoms. The van der Waals surface area contributed by atoms with Crippen LogP contribution >= 0.6 is 22.9 Å². The second-order valence-corrected chi connectivity index (χ2v) is 7.79. The average Bonchev–Trinajstić information content (AvgIpc) is 2.98. The first kappa shape index (κ1) is 17.0. The highest BCUT2D eigenvalue weighted by Gasteiger charge is 2.20. The fourth-order valence-electron chi connectivity index (χ4n) is 2.84. The fraction of sp³-hybridized carbons (Fsp3) is 0.333. The summed E-state index contributed by atoms with van der Waals surface area (Å²) in [5.41, 5.74) is 7.08. The van der Waals surface area contributed by atoms with E-state index < -0.39 is 0 Å². The lowest BCUT2D eigenvalue weighted by molar-refractivity contribution is -0.121. The van der Waals surface area contributed by atoms with Crippen molar-refractivity contribution >= 4 is 34.8 Å². The van der Waals surface area contributed by atoms with Crippen LogP contribution in [0, 0.1) is 5.92 Å². The smallest absolute Gasteiger partial charge is 0.273 e. The predicted octanol–water partition coefficient (Wildman–Crippen LogP) is 3.53. The van der Waals surface area contributed by atoms with Gasteiger partial charge in [-0.1, -0.05) is 30.7 Å². The molecule has 2 amide bonds. The molecule has 1 aliphatic carbocycles. The Hall–Kier alpha value is -1.85. The minimum atomic E-state index is -0.263. The van der Waals surface area contributed by atoms with Crippen molar-refractivity contribution in [2.75, 3.05) is 0 Å². The van der Waals surface area contributed by atoms with Crippen molar-refractivity contribution in [2.24, 2.45) is 5.92 Å². The van der Waals surface area contributed by atoms with Crippen molar-refractivity contribution in [3.63, 3.8) is 0 Å². The lowest BCUT2D eigenvalue weighted by atomic mass is 9.90. The Morgan fingerprint density at radius 3 is 2.75 bits per heavy atom. The molecule has 1 heterocycles. The van der Waals surface area contributed by atoms with E-state index >= 15 is 0 Å². The molecule has 2 aromatic rings. The molecule has 3 rings (SSSR count). The minimum Gasteiger partial charge on any atom is -0.273 e. The van der Waals surface area contributed by atoms with Gasteiger partial charge in [-0.05, 0) is 54.5 Å². The van der Waals surface area contributed by atoms with Gasteiger partial charge < -0.3 is 0 Å². The maximum absolute atomic E-state index is 12.2. The summed E-state index contributed by atoms with van der Waals surface area (Å²) in [5, 5.41) is 0.628. The van der Waals surface area contributed by atoms with E-state index in [1.807, 2.05) is 6.07 Å². The number of nitrogens with one attached hydrogen (secondary N) is 2. The van der Waals surface area contributed by atoms with Crippen LogP contribution < -0.4 is 10.9 Å². The number of halogens is 1. The standard InChI is InChI=1S/C18H19ClN2O2S/c1-11-2-7-15-13(8-11)10-16(24-15)18(23)21-20-17(22)9-12-3-5-14(19)6-4-12/h3-6,10-11H,2,7-9H2,1H3,(H,20,22)(H,21,23)/t11-/m0/s1. The molecule has 4 nitrogen and oxygen atoms in total. The Kier molecular flexibility index (Phi) is 5.21. The zero-order chi connectivity index (χ0) is 17.1. The van der Waals surface area contributed by atoms with E-state index in [1.54, 1.807) is 24.3 Å². The number of hydrogen-bond acceptors (Lipinski definition) is 3. The van der Waals surface area contributed by atoms with Gasteiger partial charge in [0.05, 0.1) is 11.3 Å². The molecule has 0 unspecified atom stereocenters. The second kappa shape index (κ2) is 7.36. The van der Waals surface area contributed by atoms with E-state index in [1.165, 1.54) is 28.2 Å². The van der Waals surface area contributed by atoms with Gasteiger partial charge in [-0.15, -0.1) is 11.3 Å². The number of carbonyl (C=O) groups excluding carboxylic acids is 2. The summed E-state index contributed by atoms with van der Waals surface area (Å²) in [6, 6.07) is 9.01. The van der Waals surface area contributed by atoms with Crippen LogP contribution in [-0.4, -0.2) is 11.8 Å². The molecule has 0 spiro atoms. The van der Waals surface area contributed by atoms with Crippen molar-refractivity contribution in [1.82, 2.24) is 10.9 Å². The number of amides is 2. The summed E-state index contributed by atoms with van der Waals surface area (Å²) >= 11 is 7.34. The average molecular weight is 363 g/mol. The third kappa shape index (κ3) is 4.16. The number of benzene rings is 1. The first-order valence-corrected chi connectivity index (χ1v) is 9.16. The zero-order valence-corrected chi connectivity index (χ0v) is 15.0. The third-order valence-corrected chi connectivity index (χ3v) is 5.63. The van der Waals surface area contributed by atoms with Crippen molar-refractivity contribution in [2.45, 2.75) is 32.6 Å². The van der Waals surface area contributed by atoms with Crippen LogP contribution in [0.2, 0.25) is 5.02 Å². The van der Waals surface area contributed by atoms with Crippen LogP contribution in [-0.2, 0) is 24.1 Å². The monoisotopic (exact) mass is 362 g/mol. The molecule has 0 saturated carbocycles. The van der Waals surface area contributed by atoms with E-state index in [0.29, 0.717) is 15.8 Å². The van der Waals surface area contributed by atoms with Crippen LogP contribution in [0.3, 0.4) is 0 Å². The number of thiophene rings is 1. The predicted molar refractivity (Wildman–Crippen MR) is 96.3 cm³/mol. The molecule has 1 atom stereocenters. The van der Waals surface area contributed by atoms with E-state index in [-0.39, 0.29) is 18.2 Å². The molecule has 1 aromatic carbocycles. The first-order chi connectivity index (χ1) is 11.5. The second-order valence-electron chi connectivity index (χ2n) is 6.21. The van der Waals surface area contributed by atoms with Crippen molar-refractivity contribution < 1.29 is 9.59 Å². The molecular weight excluding hydrogens is 344 g/mol. The van der Waals surface area contributed by atoms with Crippen molar-refractivity contribution in [3.05, 3.63) is 56.2 Å². The van der Waals surface area contributed by atoms with Crippen molar-refractivity contribution in [3.8, 4) is 0 Å². The topological polar surface area (TPSA) is 58.2 Å².